The minimum absolute atomic E-state index is 0.187. The van der Waals surface area contributed by atoms with Gasteiger partial charge in [-0.1, -0.05) is 48.5 Å². The number of carbonyl (C=O) groups excluding carboxylic acids is 2. The molecule has 0 radical (unpaired) electrons. The van der Waals surface area contributed by atoms with Crippen LogP contribution in [0.3, 0.4) is 0 Å². The molecule has 1 aromatic heterocycles. The van der Waals surface area contributed by atoms with Gasteiger partial charge in [-0.2, -0.15) is 5.10 Å². The van der Waals surface area contributed by atoms with Gasteiger partial charge in [0.2, 0.25) is 0 Å². The molecule has 4 aromatic rings. The van der Waals surface area contributed by atoms with Crippen molar-refractivity contribution < 1.29 is 14.0 Å². The van der Waals surface area contributed by atoms with Crippen molar-refractivity contribution in [3.8, 4) is 16.9 Å². The number of hydrogen-bond donors (Lipinski definition) is 1. The summed E-state index contributed by atoms with van der Waals surface area (Å²) in [6.07, 6.45) is 1.86. The van der Waals surface area contributed by atoms with Gasteiger partial charge >= 0.3 is 11.8 Å². The predicted molar refractivity (Wildman–Crippen MR) is 121 cm³/mol. The Morgan fingerprint density at radius 3 is 2.22 bits per heavy atom. The molecule has 0 spiro atoms. The highest BCUT2D eigenvalue weighted by Gasteiger charge is 2.22. The van der Waals surface area contributed by atoms with Crippen molar-refractivity contribution in [2.75, 3.05) is 12.4 Å². The lowest BCUT2D eigenvalue weighted by Gasteiger charge is -2.16. The number of para-hydroxylation sites is 1. The Morgan fingerprint density at radius 1 is 0.938 bits per heavy atom. The Labute approximate surface area is 184 Å². The summed E-state index contributed by atoms with van der Waals surface area (Å²) in [5.41, 5.74) is 3.67. The number of nitrogens with zero attached hydrogens (tertiary/aromatic N) is 3. The zero-order valence-electron chi connectivity index (χ0n) is 17.4. The number of amides is 2. The van der Waals surface area contributed by atoms with Gasteiger partial charge in [0, 0.05) is 36.6 Å². The zero-order valence-corrected chi connectivity index (χ0v) is 17.4. The van der Waals surface area contributed by atoms with Gasteiger partial charge in [-0.25, -0.2) is 9.07 Å². The van der Waals surface area contributed by atoms with Gasteiger partial charge < -0.3 is 10.2 Å². The molecule has 7 heteroatoms. The third kappa shape index (κ3) is 4.73. The molecule has 0 saturated carbocycles. The fraction of sp³-hybridized carbons (Fsp3) is 0.0800. The summed E-state index contributed by atoms with van der Waals surface area (Å²) in [7, 11) is 1.56. The van der Waals surface area contributed by atoms with Crippen LogP contribution in [-0.2, 0) is 16.1 Å². The minimum Gasteiger partial charge on any atom is -0.333 e. The molecule has 6 nitrogen and oxygen atoms in total. The molecular weight excluding hydrogens is 407 g/mol. The van der Waals surface area contributed by atoms with E-state index in [-0.39, 0.29) is 6.54 Å². The first kappa shape index (κ1) is 21.0. The normalized spacial score (nSPS) is 10.6. The summed E-state index contributed by atoms with van der Waals surface area (Å²) in [6, 6.07) is 24.6. The highest BCUT2D eigenvalue weighted by Crippen LogP contribution is 2.24. The maximum atomic E-state index is 13.1. The number of halogens is 1. The van der Waals surface area contributed by atoms with E-state index >= 15 is 0 Å². The number of anilines is 1. The van der Waals surface area contributed by atoms with Crippen LogP contribution in [-0.4, -0.2) is 33.5 Å². The van der Waals surface area contributed by atoms with E-state index in [2.05, 4.69) is 5.32 Å². The molecule has 4 rings (SSSR count). The van der Waals surface area contributed by atoms with Crippen molar-refractivity contribution in [1.29, 1.82) is 0 Å². The van der Waals surface area contributed by atoms with Crippen LogP contribution in [0.25, 0.3) is 16.9 Å². The molecule has 0 atom stereocenters. The third-order valence-corrected chi connectivity index (χ3v) is 4.91. The average molecular weight is 428 g/mol. The molecule has 3 aromatic carbocycles. The third-order valence-electron chi connectivity index (χ3n) is 4.91. The number of carbonyl (C=O) groups is 2. The van der Waals surface area contributed by atoms with Crippen molar-refractivity contribution >= 4 is 17.5 Å². The summed E-state index contributed by atoms with van der Waals surface area (Å²) in [6.45, 7) is 0.187. The van der Waals surface area contributed by atoms with Crippen molar-refractivity contribution in [2.45, 2.75) is 6.54 Å². The molecule has 0 saturated heterocycles. The van der Waals surface area contributed by atoms with Gasteiger partial charge in [0.15, 0.2) is 0 Å². The quantitative estimate of drug-likeness (QED) is 0.483. The maximum Gasteiger partial charge on any atom is 0.313 e. The van der Waals surface area contributed by atoms with E-state index in [1.165, 1.54) is 29.2 Å². The van der Waals surface area contributed by atoms with Gasteiger partial charge in [-0.05, 0) is 36.4 Å². The highest BCUT2D eigenvalue weighted by atomic mass is 19.1. The Kier molecular flexibility index (Phi) is 6.07. The van der Waals surface area contributed by atoms with Crippen molar-refractivity contribution in [3.63, 3.8) is 0 Å². The molecule has 32 heavy (non-hydrogen) atoms. The van der Waals surface area contributed by atoms with E-state index < -0.39 is 17.6 Å². The Bertz CT molecular complexity index is 1220. The summed E-state index contributed by atoms with van der Waals surface area (Å²) in [5, 5.41) is 7.22. The first-order valence-corrected chi connectivity index (χ1v) is 10.0. The van der Waals surface area contributed by atoms with Crippen LogP contribution in [0.5, 0.6) is 0 Å². The maximum absolute atomic E-state index is 13.1. The Hall–Kier alpha value is -4.26. The summed E-state index contributed by atoms with van der Waals surface area (Å²) in [4.78, 5) is 26.4. The molecule has 0 aliphatic rings. The number of benzene rings is 3. The predicted octanol–water partition coefficient (Wildman–Crippen LogP) is 4.28. The zero-order chi connectivity index (χ0) is 22.5. The molecular formula is C25H21FN4O2. The second kappa shape index (κ2) is 9.26. The van der Waals surface area contributed by atoms with Crippen LogP contribution in [0.2, 0.25) is 0 Å². The number of hydrogen-bond acceptors (Lipinski definition) is 3. The van der Waals surface area contributed by atoms with Gasteiger partial charge in [0.05, 0.1) is 11.4 Å². The van der Waals surface area contributed by atoms with E-state index in [4.69, 9.17) is 5.10 Å². The summed E-state index contributed by atoms with van der Waals surface area (Å²) >= 11 is 0. The molecule has 0 aliphatic carbocycles. The Balaban J connectivity index is 1.56. The minimum atomic E-state index is -0.796. The molecule has 0 fully saturated rings. The smallest absolute Gasteiger partial charge is 0.313 e. The lowest BCUT2D eigenvalue weighted by atomic mass is 10.1. The van der Waals surface area contributed by atoms with Gasteiger partial charge in [0.25, 0.3) is 0 Å². The number of rotatable bonds is 5. The van der Waals surface area contributed by atoms with Crippen molar-refractivity contribution in [1.82, 2.24) is 14.7 Å². The largest absolute Gasteiger partial charge is 0.333 e. The van der Waals surface area contributed by atoms with E-state index in [0.29, 0.717) is 5.69 Å². The fourth-order valence-electron chi connectivity index (χ4n) is 3.30. The molecule has 0 aliphatic heterocycles. The standard InChI is InChI=1S/C25H21FN4O2/c1-29(25(32)24(31)27-21-14-12-20(26)13-15-21)16-19-17-30(22-10-6-3-7-11-22)28-23(19)18-8-4-2-5-9-18/h2-15,17H,16H2,1H3,(H,27,31). The highest BCUT2D eigenvalue weighted by molar-refractivity contribution is 6.39. The molecule has 0 unspecified atom stereocenters. The van der Waals surface area contributed by atoms with Gasteiger partial charge in [-0.3, -0.25) is 9.59 Å². The topological polar surface area (TPSA) is 67.2 Å². The monoisotopic (exact) mass is 428 g/mol. The van der Waals surface area contributed by atoms with Crippen LogP contribution in [0.15, 0.2) is 91.1 Å². The van der Waals surface area contributed by atoms with E-state index in [1.807, 2.05) is 66.9 Å². The van der Waals surface area contributed by atoms with E-state index in [9.17, 15) is 14.0 Å². The SMILES string of the molecule is CN(Cc1cn(-c2ccccc2)nc1-c1ccccc1)C(=O)C(=O)Nc1ccc(F)cc1. The van der Waals surface area contributed by atoms with E-state index in [0.717, 1.165) is 22.5 Å². The lowest BCUT2D eigenvalue weighted by Crippen LogP contribution is -2.36. The van der Waals surface area contributed by atoms with Crippen molar-refractivity contribution in [2.24, 2.45) is 0 Å². The van der Waals surface area contributed by atoms with Crippen LogP contribution >= 0.6 is 0 Å². The average Bonchev–Trinajstić information content (AvgIpc) is 3.25. The summed E-state index contributed by atoms with van der Waals surface area (Å²) < 4.78 is 14.8. The molecule has 1 N–H and O–H groups in total. The molecule has 1 heterocycles. The summed E-state index contributed by atoms with van der Waals surface area (Å²) in [5.74, 6) is -1.92. The second-order valence-corrected chi connectivity index (χ2v) is 7.27. The lowest BCUT2D eigenvalue weighted by molar-refractivity contribution is -0.142. The number of nitrogens with one attached hydrogen (secondary N) is 1. The Morgan fingerprint density at radius 2 is 1.56 bits per heavy atom. The van der Waals surface area contributed by atoms with E-state index in [1.54, 1.807) is 11.7 Å². The van der Waals surface area contributed by atoms with Crippen LogP contribution in [0.1, 0.15) is 5.56 Å². The molecule has 2 amide bonds. The molecule has 160 valence electrons. The van der Waals surface area contributed by atoms with Crippen LogP contribution < -0.4 is 5.32 Å². The fourth-order valence-corrected chi connectivity index (χ4v) is 3.30. The first-order chi connectivity index (χ1) is 15.5. The number of likely N-dealkylation sites (N-methyl/N-ethyl adjacent to an activating group) is 1. The van der Waals surface area contributed by atoms with Gasteiger partial charge in [-0.15, -0.1) is 0 Å². The first-order valence-electron chi connectivity index (χ1n) is 10.0. The molecule has 0 bridgehead atoms. The second-order valence-electron chi connectivity index (χ2n) is 7.27. The van der Waals surface area contributed by atoms with Crippen LogP contribution in [0, 0.1) is 5.82 Å². The van der Waals surface area contributed by atoms with Gasteiger partial charge in [0.1, 0.15) is 5.82 Å². The van der Waals surface area contributed by atoms with Crippen LogP contribution in [0.4, 0.5) is 10.1 Å². The van der Waals surface area contributed by atoms with Crippen molar-refractivity contribution in [3.05, 3.63) is 103 Å². The number of aromatic nitrogens is 2.